The topological polar surface area (TPSA) is 87.7 Å². The van der Waals surface area contributed by atoms with Crippen molar-refractivity contribution in [2.75, 3.05) is 13.2 Å². The van der Waals surface area contributed by atoms with E-state index in [4.69, 9.17) is 4.43 Å². The van der Waals surface area contributed by atoms with Crippen LogP contribution < -0.4 is 10.6 Å². The monoisotopic (exact) mass is 728 g/mol. The summed E-state index contributed by atoms with van der Waals surface area (Å²) in [5, 5.41) is 16.8. The summed E-state index contributed by atoms with van der Waals surface area (Å²) in [6.45, 7) is 25.6. The van der Waals surface area contributed by atoms with Crippen LogP contribution in [0.25, 0.3) is 0 Å². The first-order valence-electron chi connectivity index (χ1n) is 16.8. The Morgan fingerprint density at radius 1 is 0.930 bits per heavy atom. The molecule has 0 aromatic heterocycles. The number of amides is 2. The molecular formula is C35H68N2O4SiSn. The second-order valence-corrected chi connectivity index (χ2v) is 32.1. The van der Waals surface area contributed by atoms with Crippen molar-refractivity contribution in [3.05, 3.63) is 33.5 Å². The fourth-order valence-electron chi connectivity index (χ4n) is 4.80. The van der Waals surface area contributed by atoms with Crippen LogP contribution in [0.1, 0.15) is 108 Å². The molecule has 0 heterocycles. The molecule has 0 radical (unpaired) electrons. The van der Waals surface area contributed by atoms with Crippen molar-refractivity contribution in [3.63, 3.8) is 0 Å². The van der Waals surface area contributed by atoms with Crippen LogP contribution in [-0.4, -0.2) is 68.9 Å². The van der Waals surface area contributed by atoms with Crippen LogP contribution in [0.15, 0.2) is 33.5 Å². The molecule has 0 aliphatic heterocycles. The zero-order valence-corrected chi connectivity index (χ0v) is 33.8. The van der Waals surface area contributed by atoms with Crippen molar-refractivity contribution in [1.82, 2.24) is 10.6 Å². The van der Waals surface area contributed by atoms with Gasteiger partial charge >= 0.3 is 191 Å². The maximum atomic E-state index is 13.0. The van der Waals surface area contributed by atoms with Crippen molar-refractivity contribution in [3.8, 4) is 0 Å². The van der Waals surface area contributed by atoms with Gasteiger partial charge in [-0.25, -0.2) is 0 Å². The summed E-state index contributed by atoms with van der Waals surface area (Å²) in [4.78, 5) is 24.7. The molecule has 3 atom stereocenters. The van der Waals surface area contributed by atoms with Gasteiger partial charge in [0.05, 0.1) is 6.61 Å². The van der Waals surface area contributed by atoms with Gasteiger partial charge in [0.1, 0.15) is 0 Å². The summed E-state index contributed by atoms with van der Waals surface area (Å²) >= 11 is -2.39. The average molecular weight is 728 g/mol. The third-order valence-corrected chi connectivity index (χ3v) is 27.7. The molecular weight excluding hydrogens is 659 g/mol. The number of aliphatic hydroxyl groups is 1. The Hall–Kier alpha value is -0.904. The van der Waals surface area contributed by atoms with Gasteiger partial charge in [0.15, 0.2) is 8.32 Å². The van der Waals surface area contributed by atoms with E-state index in [1.54, 1.807) is 0 Å². The predicted molar refractivity (Wildman–Crippen MR) is 190 cm³/mol. The summed E-state index contributed by atoms with van der Waals surface area (Å²) in [7, 11) is -2.07. The molecule has 0 spiro atoms. The van der Waals surface area contributed by atoms with E-state index in [1.807, 2.05) is 26.0 Å². The summed E-state index contributed by atoms with van der Waals surface area (Å²) in [6.07, 6.45) is 13.5. The van der Waals surface area contributed by atoms with E-state index in [0.29, 0.717) is 6.54 Å². The SMILES string of the molecule is CCC[CH2][Sn](/[CH]=C/[C@H](C)[C@H](O)/C(C)=C/C=C(\C)CNC(=O)[C@H](CO[Si](C)(C)C(C)(C)C)NC(C)=O)([CH2]CCC)[CH2]CCC. The number of allylic oxidation sites excluding steroid dienone is 2. The Labute approximate surface area is 271 Å². The molecule has 0 saturated carbocycles. The summed E-state index contributed by atoms with van der Waals surface area (Å²) in [6, 6.07) is -0.740. The molecule has 8 heteroatoms. The molecule has 0 aromatic rings. The predicted octanol–water partition coefficient (Wildman–Crippen LogP) is 8.46. The van der Waals surface area contributed by atoms with Crippen LogP contribution in [0, 0.1) is 5.92 Å². The molecule has 0 saturated heterocycles. The number of aliphatic hydroxyl groups excluding tert-OH is 1. The summed E-state index contributed by atoms with van der Waals surface area (Å²) in [5.41, 5.74) is 1.88. The number of hydrogen-bond donors (Lipinski definition) is 3. The number of hydrogen-bond acceptors (Lipinski definition) is 4. The fourth-order valence-corrected chi connectivity index (χ4v) is 20.5. The quantitative estimate of drug-likeness (QED) is 0.0819. The summed E-state index contributed by atoms with van der Waals surface area (Å²) < 4.78 is 13.2. The van der Waals surface area contributed by atoms with Gasteiger partial charge in [0, 0.05) is 6.92 Å². The van der Waals surface area contributed by atoms with Gasteiger partial charge in [-0.2, -0.15) is 0 Å². The Kier molecular flexibility index (Phi) is 20.6. The van der Waals surface area contributed by atoms with E-state index in [2.05, 4.69) is 82.4 Å². The van der Waals surface area contributed by atoms with E-state index in [-0.39, 0.29) is 29.4 Å². The molecule has 0 aliphatic rings. The second kappa shape index (κ2) is 21.0. The molecule has 6 nitrogen and oxygen atoms in total. The first-order valence-corrected chi connectivity index (χ1v) is 27.5. The number of carbonyl (C=O) groups is 2. The molecule has 0 unspecified atom stereocenters. The average Bonchev–Trinajstić information content (AvgIpc) is 2.94. The Morgan fingerprint density at radius 2 is 1.44 bits per heavy atom. The molecule has 3 N–H and O–H groups in total. The molecule has 0 fully saturated rings. The van der Waals surface area contributed by atoms with E-state index in [0.717, 1.165) is 11.1 Å². The Bertz CT molecular complexity index is 902. The van der Waals surface area contributed by atoms with E-state index < -0.39 is 38.8 Å². The zero-order valence-electron chi connectivity index (χ0n) is 30.0. The van der Waals surface area contributed by atoms with Gasteiger partial charge < -0.3 is 9.74 Å². The normalized spacial score (nSPS) is 15.8. The Balaban J connectivity index is 5.42. The molecule has 0 aliphatic carbocycles. The number of carbonyl (C=O) groups excluding carboxylic acids is 2. The third kappa shape index (κ3) is 16.8. The van der Waals surface area contributed by atoms with Crippen molar-refractivity contribution in [1.29, 1.82) is 0 Å². The number of rotatable bonds is 21. The Morgan fingerprint density at radius 3 is 1.88 bits per heavy atom. The minimum atomic E-state index is -2.39. The van der Waals surface area contributed by atoms with Gasteiger partial charge in [0.25, 0.3) is 0 Å². The second-order valence-electron chi connectivity index (χ2n) is 14.3. The maximum absolute atomic E-state index is 13.0. The van der Waals surface area contributed by atoms with E-state index in [1.165, 1.54) is 58.8 Å². The first kappa shape index (κ1) is 42.1. The number of nitrogens with one attached hydrogen (secondary N) is 2. The summed E-state index contributed by atoms with van der Waals surface area (Å²) in [5.74, 6) is -0.459. The first-order chi connectivity index (χ1) is 19.9. The van der Waals surface area contributed by atoms with Gasteiger partial charge in [-0.05, 0) is 18.1 Å². The van der Waals surface area contributed by atoms with Crippen LogP contribution >= 0.6 is 0 Å². The molecule has 0 bridgehead atoms. The fraction of sp³-hybridized carbons (Fsp3) is 0.771. The molecule has 43 heavy (non-hydrogen) atoms. The number of unbranched alkanes of at least 4 members (excludes halogenated alkanes) is 3. The van der Waals surface area contributed by atoms with Gasteiger partial charge in [-0.15, -0.1) is 0 Å². The standard InChI is InChI=1S/C23H41N2O4Si.3C4H9.Sn/c1-11-17(3)21(27)18(4)13-12-16(2)14-24-22(28)20(25-19(5)26)15-29-30(9,10)23(6,7)8;3*1-3-4-2;/h1,11-13,17,20-21,27H,14-15H2,2-10H3,(H,24,28)(H,25,26);3*1,3-4H2,2H3;/b11-1?,16-12+,18-13+;;;;/t17-,20-,21-;;;;/m0..../s1. The molecule has 2 amide bonds. The van der Waals surface area contributed by atoms with E-state index in [9.17, 15) is 14.7 Å². The van der Waals surface area contributed by atoms with Gasteiger partial charge in [-0.1, -0.05) is 20.8 Å². The van der Waals surface area contributed by atoms with Crippen LogP contribution in [-0.2, 0) is 14.0 Å². The van der Waals surface area contributed by atoms with Crippen molar-refractivity contribution in [2.24, 2.45) is 5.92 Å². The minimum absolute atomic E-state index is 0.0108. The van der Waals surface area contributed by atoms with Crippen LogP contribution in [0.5, 0.6) is 0 Å². The van der Waals surface area contributed by atoms with Crippen LogP contribution in [0.2, 0.25) is 31.4 Å². The molecule has 250 valence electrons. The van der Waals surface area contributed by atoms with Crippen LogP contribution in [0.3, 0.4) is 0 Å². The third-order valence-electron chi connectivity index (χ3n) is 9.09. The van der Waals surface area contributed by atoms with Crippen molar-refractivity contribution < 1.29 is 19.1 Å². The van der Waals surface area contributed by atoms with Crippen molar-refractivity contribution in [2.45, 2.75) is 151 Å². The molecule has 0 rings (SSSR count). The molecule has 0 aromatic carbocycles. The van der Waals surface area contributed by atoms with Gasteiger partial charge in [-0.3, -0.25) is 4.79 Å². The zero-order chi connectivity index (χ0) is 33.3. The van der Waals surface area contributed by atoms with Crippen molar-refractivity contribution >= 4 is 38.5 Å². The van der Waals surface area contributed by atoms with E-state index >= 15 is 0 Å². The van der Waals surface area contributed by atoms with Crippen LogP contribution in [0.4, 0.5) is 0 Å². The van der Waals surface area contributed by atoms with Gasteiger partial charge in [0.2, 0.25) is 5.91 Å².